The number of amides is 1. The molecule has 0 spiro atoms. The maximum atomic E-state index is 13.6. The molecule has 0 bridgehead atoms. The normalized spacial score (nSPS) is 29.3. The molecular weight excluding hydrogens is 364 g/mol. The predicted octanol–water partition coefficient (Wildman–Crippen LogP) is 3.72. The minimum atomic E-state index is -0.265. The zero-order valence-electron chi connectivity index (χ0n) is 14.3. The topological polar surface area (TPSA) is 32.3 Å². The number of halogens is 1. The van der Waals surface area contributed by atoms with Crippen molar-refractivity contribution in [3.8, 4) is 0 Å². The first-order valence-corrected chi connectivity index (χ1v) is 10.2. The van der Waals surface area contributed by atoms with Gasteiger partial charge < -0.3 is 10.2 Å². The molecule has 4 heteroatoms. The molecule has 1 amide bonds. The van der Waals surface area contributed by atoms with Gasteiger partial charge in [-0.05, 0) is 68.3 Å². The lowest BCUT2D eigenvalue weighted by molar-refractivity contribution is -0.137. The van der Waals surface area contributed by atoms with Crippen LogP contribution in [0.3, 0.4) is 0 Å². The Bertz CT molecular complexity index is 580. The number of benzene rings is 1. The zero-order chi connectivity index (χ0) is 16.6. The number of hydrogen-bond donors (Lipinski definition) is 1. The quantitative estimate of drug-likeness (QED) is 0.834. The van der Waals surface area contributed by atoms with Gasteiger partial charge in [0.1, 0.15) is 0 Å². The highest BCUT2D eigenvalue weighted by molar-refractivity contribution is 9.10. The van der Waals surface area contributed by atoms with Crippen LogP contribution in [0.5, 0.6) is 0 Å². The van der Waals surface area contributed by atoms with Crippen LogP contribution in [-0.4, -0.2) is 37.0 Å². The minimum Gasteiger partial charge on any atom is -0.342 e. The van der Waals surface area contributed by atoms with Crippen LogP contribution < -0.4 is 5.32 Å². The molecule has 2 aliphatic heterocycles. The van der Waals surface area contributed by atoms with Crippen molar-refractivity contribution >= 4 is 21.8 Å². The zero-order valence-corrected chi connectivity index (χ0v) is 15.9. The van der Waals surface area contributed by atoms with Gasteiger partial charge >= 0.3 is 0 Å². The summed E-state index contributed by atoms with van der Waals surface area (Å²) in [5, 5.41) is 3.52. The highest BCUT2D eigenvalue weighted by Gasteiger charge is 2.45. The molecule has 1 aromatic carbocycles. The fourth-order valence-corrected chi connectivity index (χ4v) is 5.36. The number of likely N-dealkylation sites (tertiary alicyclic amines) is 1. The third-order valence-electron chi connectivity index (χ3n) is 6.57. The van der Waals surface area contributed by atoms with Crippen molar-refractivity contribution in [3.05, 3.63) is 34.3 Å². The molecule has 1 aromatic rings. The molecule has 2 heterocycles. The second kappa shape index (κ2) is 6.80. The summed E-state index contributed by atoms with van der Waals surface area (Å²) in [7, 11) is 0. The Labute approximate surface area is 153 Å². The third kappa shape index (κ3) is 2.92. The first kappa shape index (κ1) is 16.6. The molecule has 3 nitrogen and oxygen atoms in total. The molecule has 2 saturated heterocycles. The van der Waals surface area contributed by atoms with Crippen LogP contribution in [0.25, 0.3) is 0 Å². The maximum absolute atomic E-state index is 13.6. The lowest BCUT2D eigenvalue weighted by Crippen LogP contribution is -2.46. The smallest absolute Gasteiger partial charge is 0.233 e. The average Bonchev–Trinajstić information content (AvgIpc) is 3.22. The molecule has 0 unspecified atom stereocenters. The van der Waals surface area contributed by atoms with E-state index < -0.39 is 0 Å². The summed E-state index contributed by atoms with van der Waals surface area (Å²) < 4.78 is 1.09. The van der Waals surface area contributed by atoms with Crippen molar-refractivity contribution < 1.29 is 4.79 Å². The molecule has 2 atom stereocenters. The van der Waals surface area contributed by atoms with Gasteiger partial charge in [0.15, 0.2) is 0 Å². The summed E-state index contributed by atoms with van der Waals surface area (Å²) in [5.74, 6) is 1.94. The number of carbonyl (C=O) groups is 1. The Morgan fingerprint density at radius 2 is 1.62 bits per heavy atom. The predicted molar refractivity (Wildman–Crippen MR) is 100.0 cm³/mol. The number of nitrogens with one attached hydrogen (secondary N) is 1. The third-order valence-corrected chi connectivity index (χ3v) is 7.10. The summed E-state index contributed by atoms with van der Waals surface area (Å²) in [5.41, 5.74) is 0.956. The Hall–Kier alpha value is -0.870. The van der Waals surface area contributed by atoms with Crippen molar-refractivity contribution in [2.75, 3.05) is 26.2 Å². The van der Waals surface area contributed by atoms with E-state index in [-0.39, 0.29) is 5.41 Å². The summed E-state index contributed by atoms with van der Waals surface area (Å²) in [6, 6.07) is 8.48. The highest BCUT2D eigenvalue weighted by atomic mass is 79.9. The minimum absolute atomic E-state index is 0.265. The molecule has 3 fully saturated rings. The number of rotatable bonds is 2. The van der Waals surface area contributed by atoms with Gasteiger partial charge in [-0.3, -0.25) is 4.79 Å². The number of carbonyl (C=O) groups excluding carboxylic acids is 1. The largest absolute Gasteiger partial charge is 0.342 e. The molecular formula is C20H27BrN2O. The number of hydrogen-bond acceptors (Lipinski definition) is 2. The van der Waals surface area contributed by atoms with Gasteiger partial charge in [0.2, 0.25) is 5.91 Å². The molecule has 1 N–H and O–H groups in total. The second-order valence-electron chi connectivity index (χ2n) is 7.84. The van der Waals surface area contributed by atoms with E-state index in [1.807, 2.05) is 0 Å². The Morgan fingerprint density at radius 1 is 1.04 bits per heavy atom. The average molecular weight is 391 g/mol. The first-order chi connectivity index (χ1) is 11.7. The van der Waals surface area contributed by atoms with Crippen LogP contribution in [0.15, 0.2) is 28.7 Å². The summed E-state index contributed by atoms with van der Waals surface area (Å²) in [4.78, 5) is 15.8. The lowest BCUT2D eigenvalue weighted by Gasteiger charge is -2.34. The molecule has 0 aromatic heterocycles. The van der Waals surface area contributed by atoms with Gasteiger partial charge in [-0.15, -0.1) is 0 Å². The van der Waals surface area contributed by atoms with Crippen LogP contribution in [0.2, 0.25) is 0 Å². The summed E-state index contributed by atoms with van der Waals surface area (Å²) >= 11 is 3.52. The molecule has 3 aliphatic rings. The van der Waals surface area contributed by atoms with E-state index in [9.17, 15) is 4.79 Å². The Kier molecular flexibility index (Phi) is 4.70. The highest BCUT2D eigenvalue weighted by Crippen LogP contribution is 2.43. The van der Waals surface area contributed by atoms with Gasteiger partial charge in [-0.1, -0.05) is 40.9 Å². The molecule has 130 valence electrons. The van der Waals surface area contributed by atoms with E-state index in [0.29, 0.717) is 5.91 Å². The lowest BCUT2D eigenvalue weighted by atomic mass is 9.77. The van der Waals surface area contributed by atoms with E-state index in [1.165, 1.54) is 31.2 Å². The van der Waals surface area contributed by atoms with Crippen molar-refractivity contribution in [1.82, 2.24) is 10.2 Å². The van der Waals surface area contributed by atoms with Crippen LogP contribution in [0.1, 0.15) is 44.1 Å². The molecule has 24 heavy (non-hydrogen) atoms. The molecule has 1 saturated carbocycles. The van der Waals surface area contributed by atoms with Crippen LogP contribution in [0, 0.1) is 11.8 Å². The van der Waals surface area contributed by atoms with E-state index in [1.54, 1.807) is 0 Å². The van der Waals surface area contributed by atoms with Crippen molar-refractivity contribution in [2.45, 2.75) is 43.9 Å². The van der Waals surface area contributed by atoms with Crippen molar-refractivity contribution in [2.24, 2.45) is 11.8 Å². The number of fused-ring (bicyclic) bond motifs is 1. The van der Waals surface area contributed by atoms with Gasteiger partial charge in [0, 0.05) is 17.6 Å². The Morgan fingerprint density at radius 3 is 2.21 bits per heavy atom. The van der Waals surface area contributed by atoms with Crippen LogP contribution in [-0.2, 0) is 10.2 Å². The monoisotopic (exact) mass is 390 g/mol. The summed E-state index contributed by atoms with van der Waals surface area (Å²) in [6.45, 7) is 4.18. The fraction of sp³-hybridized carbons (Fsp3) is 0.650. The summed E-state index contributed by atoms with van der Waals surface area (Å²) in [6.07, 6.45) is 6.70. The van der Waals surface area contributed by atoms with Crippen LogP contribution in [0.4, 0.5) is 0 Å². The standard InChI is InChI=1S/C20H27BrN2O/c21-18-5-3-17(4-6-18)20(9-1-2-10-20)19(24)23-11-7-15-13-22-14-16(15)8-12-23/h3-6,15-16,22H,1-2,7-14H2/t15-,16+. The van der Waals surface area contributed by atoms with Gasteiger partial charge in [0.05, 0.1) is 5.41 Å². The van der Waals surface area contributed by atoms with Gasteiger partial charge in [-0.2, -0.15) is 0 Å². The van der Waals surface area contributed by atoms with Crippen molar-refractivity contribution in [3.63, 3.8) is 0 Å². The van der Waals surface area contributed by atoms with Crippen LogP contribution >= 0.6 is 15.9 Å². The SMILES string of the molecule is O=C(N1CC[C@@H]2CNC[C@@H]2CC1)C1(c2ccc(Br)cc2)CCCC1. The van der Waals surface area contributed by atoms with E-state index in [2.05, 4.69) is 50.4 Å². The van der Waals surface area contributed by atoms with E-state index >= 15 is 0 Å². The van der Waals surface area contributed by atoms with Gasteiger partial charge in [-0.25, -0.2) is 0 Å². The maximum Gasteiger partial charge on any atom is 0.233 e. The van der Waals surface area contributed by atoms with Gasteiger partial charge in [0.25, 0.3) is 0 Å². The first-order valence-electron chi connectivity index (χ1n) is 9.45. The van der Waals surface area contributed by atoms with E-state index in [4.69, 9.17) is 0 Å². The molecule has 4 rings (SSSR count). The molecule has 0 radical (unpaired) electrons. The molecule has 1 aliphatic carbocycles. The van der Waals surface area contributed by atoms with E-state index in [0.717, 1.165) is 55.3 Å². The fourth-order valence-electron chi connectivity index (χ4n) is 5.10. The number of nitrogens with zero attached hydrogens (tertiary/aromatic N) is 1. The second-order valence-corrected chi connectivity index (χ2v) is 8.76. The Balaban J connectivity index is 1.57. The van der Waals surface area contributed by atoms with Crippen molar-refractivity contribution in [1.29, 1.82) is 0 Å².